The van der Waals surface area contributed by atoms with Gasteiger partial charge in [0.25, 0.3) is 0 Å². The maximum atomic E-state index is 5.55. The third-order valence-corrected chi connectivity index (χ3v) is 5.06. The molecule has 1 aliphatic rings. The molecule has 156 valence electrons. The van der Waals surface area contributed by atoms with Gasteiger partial charge in [-0.25, -0.2) is 4.99 Å². The van der Waals surface area contributed by atoms with E-state index in [1.807, 2.05) is 24.3 Å². The summed E-state index contributed by atoms with van der Waals surface area (Å²) in [4.78, 5) is 7.25. The van der Waals surface area contributed by atoms with Crippen molar-refractivity contribution >= 4 is 5.96 Å². The molecule has 2 N–H and O–H groups in total. The number of nitrogens with zero attached hydrogens (tertiary/aromatic N) is 2. The molecule has 29 heavy (non-hydrogen) atoms. The van der Waals surface area contributed by atoms with Crippen molar-refractivity contribution in [2.24, 2.45) is 4.99 Å². The van der Waals surface area contributed by atoms with E-state index >= 15 is 0 Å². The molecule has 0 saturated carbocycles. The van der Waals surface area contributed by atoms with Crippen molar-refractivity contribution in [2.45, 2.75) is 19.5 Å². The number of guanidine groups is 1. The average Bonchev–Trinajstić information content (AvgIpc) is 2.79. The Morgan fingerprint density at radius 2 is 1.79 bits per heavy atom. The lowest BCUT2D eigenvalue weighted by Crippen LogP contribution is -2.46. The molecule has 1 atom stereocenters. The number of methoxy groups -OCH3 is 1. The van der Waals surface area contributed by atoms with Gasteiger partial charge in [-0.3, -0.25) is 4.90 Å². The van der Waals surface area contributed by atoms with Crippen molar-refractivity contribution in [3.8, 4) is 5.75 Å². The van der Waals surface area contributed by atoms with Crippen LogP contribution in [0.1, 0.15) is 24.1 Å². The predicted octanol–water partition coefficient (Wildman–Crippen LogP) is 2.82. The number of aliphatic imine (C=N–C) groups is 1. The van der Waals surface area contributed by atoms with Crippen molar-refractivity contribution in [2.75, 3.05) is 46.5 Å². The van der Waals surface area contributed by atoms with E-state index in [4.69, 9.17) is 14.5 Å². The van der Waals surface area contributed by atoms with E-state index in [2.05, 4.69) is 52.8 Å². The van der Waals surface area contributed by atoms with Crippen LogP contribution in [0, 0.1) is 0 Å². The maximum absolute atomic E-state index is 5.55. The van der Waals surface area contributed by atoms with Crippen LogP contribution in [0.4, 0.5) is 0 Å². The van der Waals surface area contributed by atoms with Gasteiger partial charge in [-0.1, -0.05) is 42.5 Å². The first-order valence-corrected chi connectivity index (χ1v) is 10.3. The van der Waals surface area contributed by atoms with Gasteiger partial charge in [-0.05, 0) is 30.2 Å². The number of nitrogens with one attached hydrogen (secondary N) is 2. The molecule has 6 nitrogen and oxygen atoms in total. The van der Waals surface area contributed by atoms with Gasteiger partial charge in [0.15, 0.2) is 5.96 Å². The fraction of sp³-hybridized carbons (Fsp3) is 0.435. The normalized spacial score (nSPS) is 16.3. The van der Waals surface area contributed by atoms with E-state index in [9.17, 15) is 0 Å². The third kappa shape index (κ3) is 6.48. The summed E-state index contributed by atoms with van der Waals surface area (Å²) in [5.74, 6) is 1.69. The van der Waals surface area contributed by atoms with Gasteiger partial charge in [0.05, 0.1) is 32.9 Å². The highest BCUT2D eigenvalue weighted by Crippen LogP contribution is 2.21. The van der Waals surface area contributed by atoms with Crippen LogP contribution in [0.15, 0.2) is 59.6 Å². The molecule has 6 heteroatoms. The Kier molecular flexibility index (Phi) is 8.34. The molecule has 1 fully saturated rings. The van der Waals surface area contributed by atoms with E-state index in [-0.39, 0.29) is 6.04 Å². The van der Waals surface area contributed by atoms with E-state index in [1.54, 1.807) is 7.11 Å². The second kappa shape index (κ2) is 11.4. The molecule has 0 bridgehead atoms. The number of hydrogen-bond acceptors (Lipinski definition) is 4. The van der Waals surface area contributed by atoms with Crippen molar-refractivity contribution < 1.29 is 9.47 Å². The van der Waals surface area contributed by atoms with Crippen LogP contribution >= 0.6 is 0 Å². The molecule has 0 spiro atoms. The van der Waals surface area contributed by atoms with E-state index in [0.29, 0.717) is 6.54 Å². The Labute approximate surface area is 173 Å². The monoisotopic (exact) mass is 396 g/mol. The molecule has 1 unspecified atom stereocenters. The van der Waals surface area contributed by atoms with Gasteiger partial charge >= 0.3 is 0 Å². The zero-order valence-electron chi connectivity index (χ0n) is 17.4. The first-order valence-electron chi connectivity index (χ1n) is 10.3. The van der Waals surface area contributed by atoms with Crippen LogP contribution in [0.5, 0.6) is 5.75 Å². The van der Waals surface area contributed by atoms with Gasteiger partial charge in [0.2, 0.25) is 0 Å². The molecule has 0 radical (unpaired) electrons. The largest absolute Gasteiger partial charge is 0.497 e. The van der Waals surface area contributed by atoms with Crippen LogP contribution in [-0.4, -0.2) is 57.4 Å². The Hall–Kier alpha value is -2.57. The van der Waals surface area contributed by atoms with Crippen LogP contribution in [0.3, 0.4) is 0 Å². The van der Waals surface area contributed by atoms with Crippen LogP contribution < -0.4 is 15.4 Å². The summed E-state index contributed by atoms with van der Waals surface area (Å²) < 4.78 is 10.8. The molecule has 2 aromatic rings. The minimum absolute atomic E-state index is 0.282. The standard InChI is InChI=1S/C23H32N4O2/c1-3-24-23(25-17-19-9-11-21(28-2)12-10-19)26-18-22(20-7-5-4-6-8-20)27-13-15-29-16-14-27/h4-12,22H,3,13-18H2,1-2H3,(H2,24,25,26). The lowest BCUT2D eigenvalue weighted by Gasteiger charge is -2.35. The SMILES string of the molecule is CCNC(=NCc1ccc(OC)cc1)NCC(c1ccccc1)N1CCOCC1. The van der Waals surface area contributed by atoms with Crippen molar-refractivity contribution in [3.05, 3.63) is 65.7 Å². The Morgan fingerprint density at radius 3 is 2.45 bits per heavy atom. The zero-order chi connectivity index (χ0) is 20.3. The smallest absolute Gasteiger partial charge is 0.191 e. The second-order valence-electron chi connectivity index (χ2n) is 7.00. The Bertz CT molecular complexity index is 743. The maximum Gasteiger partial charge on any atom is 0.191 e. The average molecular weight is 397 g/mol. The lowest BCUT2D eigenvalue weighted by atomic mass is 10.0. The van der Waals surface area contributed by atoms with E-state index in [0.717, 1.165) is 56.7 Å². The fourth-order valence-corrected chi connectivity index (χ4v) is 3.46. The predicted molar refractivity (Wildman–Crippen MR) is 117 cm³/mol. The molecule has 2 aromatic carbocycles. The molecular formula is C23H32N4O2. The van der Waals surface area contributed by atoms with Gasteiger partial charge < -0.3 is 20.1 Å². The first kappa shape index (κ1) is 21.1. The van der Waals surface area contributed by atoms with Gasteiger partial charge in [0.1, 0.15) is 5.75 Å². The van der Waals surface area contributed by atoms with Gasteiger partial charge in [-0.15, -0.1) is 0 Å². The summed E-state index contributed by atoms with van der Waals surface area (Å²) in [6.07, 6.45) is 0. The Morgan fingerprint density at radius 1 is 1.07 bits per heavy atom. The minimum atomic E-state index is 0.282. The zero-order valence-corrected chi connectivity index (χ0v) is 17.4. The molecule has 1 heterocycles. The van der Waals surface area contributed by atoms with E-state index in [1.165, 1.54) is 5.56 Å². The van der Waals surface area contributed by atoms with Crippen molar-refractivity contribution in [3.63, 3.8) is 0 Å². The van der Waals surface area contributed by atoms with E-state index < -0.39 is 0 Å². The van der Waals surface area contributed by atoms with Crippen LogP contribution in [0.25, 0.3) is 0 Å². The number of ether oxygens (including phenoxy) is 2. The topological polar surface area (TPSA) is 58.1 Å². The highest BCUT2D eigenvalue weighted by molar-refractivity contribution is 5.79. The summed E-state index contributed by atoms with van der Waals surface area (Å²) >= 11 is 0. The van der Waals surface area contributed by atoms with Crippen molar-refractivity contribution in [1.29, 1.82) is 0 Å². The molecule has 0 aromatic heterocycles. The molecule has 0 aliphatic carbocycles. The third-order valence-electron chi connectivity index (χ3n) is 5.06. The summed E-state index contributed by atoms with van der Waals surface area (Å²) in [6.45, 7) is 7.78. The number of rotatable bonds is 8. The van der Waals surface area contributed by atoms with Crippen LogP contribution in [-0.2, 0) is 11.3 Å². The Balaban J connectivity index is 1.66. The molecule has 3 rings (SSSR count). The van der Waals surface area contributed by atoms with Gasteiger partial charge in [0, 0.05) is 26.2 Å². The molecular weight excluding hydrogens is 364 g/mol. The van der Waals surface area contributed by atoms with Crippen molar-refractivity contribution in [1.82, 2.24) is 15.5 Å². The van der Waals surface area contributed by atoms with Crippen LogP contribution in [0.2, 0.25) is 0 Å². The quantitative estimate of drug-likeness (QED) is 0.531. The molecule has 1 aliphatic heterocycles. The number of benzene rings is 2. The highest BCUT2D eigenvalue weighted by atomic mass is 16.5. The summed E-state index contributed by atoms with van der Waals surface area (Å²) in [5.41, 5.74) is 2.46. The number of morpholine rings is 1. The fourth-order valence-electron chi connectivity index (χ4n) is 3.46. The second-order valence-corrected chi connectivity index (χ2v) is 7.00. The number of hydrogen-bond donors (Lipinski definition) is 2. The highest BCUT2D eigenvalue weighted by Gasteiger charge is 2.22. The summed E-state index contributed by atoms with van der Waals surface area (Å²) in [5, 5.41) is 6.90. The molecule has 1 saturated heterocycles. The van der Waals surface area contributed by atoms with Gasteiger partial charge in [-0.2, -0.15) is 0 Å². The minimum Gasteiger partial charge on any atom is -0.497 e. The first-order chi connectivity index (χ1) is 14.3. The summed E-state index contributed by atoms with van der Waals surface area (Å²) in [6, 6.07) is 19.0. The lowest BCUT2D eigenvalue weighted by molar-refractivity contribution is 0.0170. The summed E-state index contributed by atoms with van der Waals surface area (Å²) in [7, 11) is 1.68. The molecule has 0 amide bonds.